The van der Waals surface area contributed by atoms with Crippen molar-refractivity contribution in [2.75, 3.05) is 19.6 Å². The minimum absolute atomic E-state index is 0.0663. The predicted molar refractivity (Wildman–Crippen MR) is 157 cm³/mol. The van der Waals surface area contributed by atoms with Crippen LogP contribution in [0.25, 0.3) is 5.65 Å². The molecule has 2 saturated carbocycles. The van der Waals surface area contributed by atoms with Gasteiger partial charge in [-0.15, -0.1) is 0 Å². The second-order valence-corrected chi connectivity index (χ2v) is 14.6. The molecule has 2 aliphatic carbocycles. The molecule has 3 aliphatic rings. The number of hydrogen-bond acceptors (Lipinski definition) is 5. The highest BCUT2D eigenvalue weighted by molar-refractivity contribution is 5.94. The second-order valence-electron chi connectivity index (χ2n) is 14.6. The van der Waals surface area contributed by atoms with Gasteiger partial charge in [-0.1, -0.05) is 20.8 Å². The Bertz CT molecular complexity index is 1380. The highest BCUT2D eigenvalue weighted by Gasteiger charge is 2.42. The average molecular weight is 602 g/mol. The van der Waals surface area contributed by atoms with Crippen LogP contribution in [0.2, 0.25) is 0 Å². The number of imidazole rings is 1. The highest BCUT2D eigenvalue weighted by atomic mass is 19.3. The molecule has 5 rings (SSSR count). The Hall–Kier alpha value is -3.11. The third kappa shape index (κ3) is 6.70. The first-order valence-corrected chi connectivity index (χ1v) is 15.7. The molecule has 43 heavy (non-hydrogen) atoms. The van der Waals surface area contributed by atoms with Crippen LogP contribution in [-0.2, 0) is 15.0 Å². The number of carboxylic acids is 1. The number of carboxylic acid groups (broad SMARTS) is 1. The van der Waals surface area contributed by atoms with Crippen LogP contribution in [0.3, 0.4) is 0 Å². The number of aromatic nitrogens is 3. The van der Waals surface area contributed by atoms with Gasteiger partial charge in [0.2, 0.25) is 11.8 Å². The summed E-state index contributed by atoms with van der Waals surface area (Å²) >= 11 is 0. The van der Waals surface area contributed by atoms with E-state index in [0.29, 0.717) is 51.0 Å². The fourth-order valence-corrected chi connectivity index (χ4v) is 7.16. The van der Waals surface area contributed by atoms with Gasteiger partial charge >= 0.3 is 5.97 Å². The molecule has 1 aliphatic heterocycles. The number of nitrogens with zero attached hydrogens (tertiary/aromatic N) is 5. The summed E-state index contributed by atoms with van der Waals surface area (Å²) in [6.45, 7) is 11.3. The molecule has 11 heteroatoms. The maximum absolute atomic E-state index is 13.9. The highest BCUT2D eigenvalue weighted by Crippen LogP contribution is 2.41. The van der Waals surface area contributed by atoms with Crippen molar-refractivity contribution in [1.29, 1.82) is 0 Å². The smallest absolute Gasteiger partial charge is 0.303 e. The molecule has 3 fully saturated rings. The van der Waals surface area contributed by atoms with E-state index in [4.69, 9.17) is 15.2 Å². The zero-order chi connectivity index (χ0) is 31.3. The molecule has 1 saturated heterocycles. The lowest BCUT2D eigenvalue weighted by Crippen LogP contribution is -2.62. The number of rotatable bonds is 5. The lowest BCUT2D eigenvalue weighted by molar-refractivity contribution is -0.141. The number of fused-ring (bicyclic) bond motifs is 1. The number of piperazine rings is 1. The van der Waals surface area contributed by atoms with Gasteiger partial charge in [0.1, 0.15) is 5.69 Å². The van der Waals surface area contributed by atoms with Gasteiger partial charge in [-0.05, 0) is 69.8 Å². The lowest BCUT2D eigenvalue weighted by atomic mass is 9.79. The molecular formula is C32H45F2N5O4. The van der Waals surface area contributed by atoms with E-state index in [9.17, 15) is 23.2 Å². The van der Waals surface area contributed by atoms with Crippen molar-refractivity contribution < 1.29 is 28.3 Å². The fraction of sp³-hybridized carbons (Fsp3) is 0.719. The molecular weight excluding hydrogens is 556 g/mol. The van der Waals surface area contributed by atoms with Crippen molar-refractivity contribution >= 4 is 23.4 Å². The zero-order valence-electron chi connectivity index (χ0n) is 26.0. The Morgan fingerprint density at radius 3 is 2.26 bits per heavy atom. The molecule has 0 radical (unpaired) electrons. The summed E-state index contributed by atoms with van der Waals surface area (Å²) in [5.41, 5.74) is 1.61. The van der Waals surface area contributed by atoms with E-state index in [0.717, 1.165) is 24.1 Å². The topological polar surface area (TPSA) is 108 Å². The number of aliphatic carboxylic acids is 1. The minimum Gasteiger partial charge on any atom is -0.481 e. The van der Waals surface area contributed by atoms with E-state index in [1.165, 1.54) is 0 Å². The molecule has 0 bridgehead atoms. The number of carbonyl (C=O) groups excluding carboxylic acids is 2. The molecule has 9 nitrogen and oxygen atoms in total. The van der Waals surface area contributed by atoms with Crippen molar-refractivity contribution in [1.82, 2.24) is 24.4 Å². The van der Waals surface area contributed by atoms with Crippen LogP contribution in [0.5, 0.6) is 0 Å². The predicted octanol–water partition coefficient (Wildman–Crippen LogP) is 5.66. The van der Waals surface area contributed by atoms with Crippen LogP contribution >= 0.6 is 0 Å². The fourth-order valence-electron chi connectivity index (χ4n) is 7.16. The minimum atomic E-state index is -2.62. The van der Waals surface area contributed by atoms with Gasteiger partial charge < -0.3 is 14.9 Å². The normalized spacial score (nSPS) is 24.7. The number of amides is 2. The maximum atomic E-state index is 13.9. The van der Waals surface area contributed by atoms with Crippen LogP contribution in [0.1, 0.15) is 120 Å². The van der Waals surface area contributed by atoms with Crippen LogP contribution < -0.4 is 0 Å². The molecule has 1 N–H and O–H groups in total. The standard InChI is InChI=1S/C32H45F2N5O4/c1-30(2,3)23-17-24(21-10-12-32(33,34)13-11-21)36-39-18-25(35-27(23)39)29(43)38-15-14-37(19-31(38,4)5)28(42)22-8-6-20(7-9-22)16-26(40)41/h17-18,20-22H,6-16,19H2,1-5H3,(H,40,41). The van der Waals surface area contributed by atoms with Crippen molar-refractivity contribution in [2.45, 2.75) is 115 Å². The van der Waals surface area contributed by atoms with E-state index in [1.807, 2.05) is 24.8 Å². The molecule has 2 aromatic heterocycles. The lowest BCUT2D eigenvalue weighted by Gasteiger charge is -2.47. The summed E-state index contributed by atoms with van der Waals surface area (Å²) in [6, 6.07) is 1.98. The number of carbonyl (C=O) groups is 3. The van der Waals surface area contributed by atoms with Crippen LogP contribution in [-0.4, -0.2) is 78.4 Å². The second kappa shape index (κ2) is 11.4. The monoisotopic (exact) mass is 601 g/mol. The van der Waals surface area contributed by atoms with Crippen LogP contribution in [0, 0.1) is 11.8 Å². The molecule has 0 spiro atoms. The summed E-state index contributed by atoms with van der Waals surface area (Å²) in [5, 5.41) is 13.9. The van der Waals surface area contributed by atoms with Gasteiger partial charge in [-0.2, -0.15) is 5.10 Å². The van der Waals surface area contributed by atoms with E-state index in [1.54, 1.807) is 15.6 Å². The summed E-state index contributed by atoms with van der Waals surface area (Å²) in [4.78, 5) is 46.7. The molecule has 3 heterocycles. The first-order valence-electron chi connectivity index (χ1n) is 15.7. The molecule has 2 amide bonds. The Labute approximate surface area is 252 Å². The summed E-state index contributed by atoms with van der Waals surface area (Å²) < 4.78 is 29.3. The summed E-state index contributed by atoms with van der Waals surface area (Å²) in [5.74, 6) is -3.58. The summed E-state index contributed by atoms with van der Waals surface area (Å²) in [6.07, 6.45) is 5.15. The zero-order valence-corrected chi connectivity index (χ0v) is 26.0. The van der Waals surface area contributed by atoms with E-state index in [-0.39, 0.29) is 59.9 Å². The van der Waals surface area contributed by atoms with Gasteiger partial charge in [-0.25, -0.2) is 18.3 Å². The van der Waals surface area contributed by atoms with E-state index >= 15 is 0 Å². The van der Waals surface area contributed by atoms with Crippen molar-refractivity contribution in [3.05, 3.63) is 29.2 Å². The Morgan fingerprint density at radius 1 is 1.02 bits per heavy atom. The Kier molecular flexibility index (Phi) is 8.33. The molecule has 0 aromatic carbocycles. The first kappa shape index (κ1) is 31.3. The van der Waals surface area contributed by atoms with Gasteiger partial charge in [0.25, 0.3) is 5.91 Å². The largest absolute Gasteiger partial charge is 0.481 e. The summed E-state index contributed by atoms with van der Waals surface area (Å²) in [7, 11) is 0. The Morgan fingerprint density at radius 2 is 1.67 bits per heavy atom. The average Bonchev–Trinajstić information content (AvgIpc) is 3.35. The molecule has 0 atom stereocenters. The van der Waals surface area contributed by atoms with E-state index in [2.05, 4.69) is 20.8 Å². The number of alkyl halides is 2. The molecule has 236 valence electrons. The van der Waals surface area contributed by atoms with Gasteiger partial charge in [0, 0.05) is 56.3 Å². The molecule has 0 unspecified atom stereocenters. The van der Waals surface area contributed by atoms with Gasteiger partial charge in [0.05, 0.1) is 17.4 Å². The molecule has 2 aromatic rings. The first-order chi connectivity index (χ1) is 20.0. The quantitative estimate of drug-likeness (QED) is 0.474. The number of hydrogen-bond donors (Lipinski definition) is 1. The third-order valence-corrected chi connectivity index (χ3v) is 9.72. The van der Waals surface area contributed by atoms with Crippen molar-refractivity contribution in [3.63, 3.8) is 0 Å². The van der Waals surface area contributed by atoms with Crippen molar-refractivity contribution in [2.24, 2.45) is 11.8 Å². The Balaban J connectivity index is 1.32. The van der Waals surface area contributed by atoms with Gasteiger partial charge in [0.15, 0.2) is 5.65 Å². The maximum Gasteiger partial charge on any atom is 0.303 e. The van der Waals surface area contributed by atoms with Crippen LogP contribution in [0.4, 0.5) is 8.78 Å². The van der Waals surface area contributed by atoms with Crippen molar-refractivity contribution in [3.8, 4) is 0 Å². The number of halogens is 2. The SMILES string of the molecule is CC(C)(C)c1cc(C2CCC(F)(F)CC2)nn2cc(C(=O)N3CCN(C(=O)C4CCC(CC(=O)O)CC4)CC3(C)C)nc12. The third-order valence-electron chi connectivity index (χ3n) is 9.72. The van der Waals surface area contributed by atoms with E-state index < -0.39 is 17.4 Å². The van der Waals surface area contributed by atoms with Crippen LogP contribution in [0.15, 0.2) is 12.3 Å². The van der Waals surface area contributed by atoms with Gasteiger partial charge in [-0.3, -0.25) is 14.4 Å².